The first-order valence-corrected chi connectivity index (χ1v) is 6.34. The van der Waals surface area contributed by atoms with Crippen LogP contribution < -0.4 is 10.1 Å². The van der Waals surface area contributed by atoms with Gasteiger partial charge in [-0.3, -0.25) is 0 Å². The Kier molecular flexibility index (Phi) is 4.10. The first kappa shape index (κ1) is 12.8. The van der Waals surface area contributed by atoms with Gasteiger partial charge >= 0.3 is 0 Å². The lowest BCUT2D eigenvalue weighted by molar-refractivity contribution is 0.371. The zero-order valence-electron chi connectivity index (χ0n) is 9.98. The van der Waals surface area contributed by atoms with E-state index in [1.807, 2.05) is 36.4 Å². The van der Waals surface area contributed by atoms with E-state index in [9.17, 15) is 5.11 Å². The van der Waals surface area contributed by atoms with Crippen molar-refractivity contribution in [2.75, 3.05) is 12.4 Å². The Bertz CT molecular complexity index is 543. The van der Waals surface area contributed by atoms with Gasteiger partial charge in [-0.05, 0) is 24.3 Å². The molecule has 3 nitrogen and oxygen atoms in total. The Labute approximate surface area is 115 Å². The van der Waals surface area contributed by atoms with Crippen LogP contribution in [0.3, 0.4) is 0 Å². The molecule has 2 N–H and O–H groups in total. The van der Waals surface area contributed by atoms with E-state index in [-0.39, 0.29) is 5.75 Å². The fourth-order valence-corrected chi connectivity index (χ4v) is 2.07. The number of hydrogen-bond donors (Lipinski definition) is 2. The molecule has 0 spiro atoms. The van der Waals surface area contributed by atoms with Crippen molar-refractivity contribution in [1.82, 2.24) is 0 Å². The molecule has 0 aliphatic carbocycles. The zero-order valence-corrected chi connectivity index (χ0v) is 11.6. The molecule has 18 heavy (non-hydrogen) atoms. The second-order valence-corrected chi connectivity index (χ2v) is 4.75. The van der Waals surface area contributed by atoms with E-state index in [0.717, 1.165) is 15.7 Å². The molecule has 94 valence electrons. The third kappa shape index (κ3) is 2.96. The van der Waals surface area contributed by atoms with Crippen molar-refractivity contribution in [2.24, 2.45) is 0 Å². The number of anilines is 1. The molecule has 0 fully saturated rings. The molecule has 0 aromatic heterocycles. The Morgan fingerprint density at radius 2 is 2.00 bits per heavy atom. The third-order valence-electron chi connectivity index (χ3n) is 2.61. The predicted octanol–water partition coefficient (Wildman–Crippen LogP) is 3.78. The highest BCUT2D eigenvalue weighted by molar-refractivity contribution is 9.10. The number of phenolic OH excluding ortho intramolecular Hbond substituents is 1. The highest BCUT2D eigenvalue weighted by Gasteiger charge is 2.06. The molecule has 0 saturated heterocycles. The molecule has 4 heteroatoms. The van der Waals surface area contributed by atoms with Crippen LogP contribution in [0.2, 0.25) is 0 Å². The Morgan fingerprint density at radius 1 is 1.22 bits per heavy atom. The number of nitrogens with one attached hydrogen (secondary N) is 1. The normalized spacial score (nSPS) is 10.1. The number of halogens is 1. The average molecular weight is 308 g/mol. The lowest BCUT2D eigenvalue weighted by atomic mass is 10.2. The fraction of sp³-hybridized carbons (Fsp3) is 0.143. The largest absolute Gasteiger partial charge is 0.504 e. The van der Waals surface area contributed by atoms with Crippen LogP contribution >= 0.6 is 15.9 Å². The van der Waals surface area contributed by atoms with E-state index in [1.54, 1.807) is 13.2 Å². The number of benzene rings is 2. The maximum absolute atomic E-state index is 9.95. The lowest BCUT2D eigenvalue weighted by Gasteiger charge is -2.10. The summed E-state index contributed by atoms with van der Waals surface area (Å²) >= 11 is 3.42. The summed E-state index contributed by atoms with van der Waals surface area (Å²) < 4.78 is 6.09. The van der Waals surface area contributed by atoms with Crippen molar-refractivity contribution < 1.29 is 9.84 Å². The number of phenols is 1. The minimum absolute atomic E-state index is 0.183. The van der Waals surface area contributed by atoms with Crippen molar-refractivity contribution in [3.05, 3.63) is 52.5 Å². The first-order valence-electron chi connectivity index (χ1n) is 5.55. The molecule has 0 unspecified atom stereocenters. The minimum Gasteiger partial charge on any atom is -0.504 e. The number of para-hydroxylation sites is 1. The molecule has 2 aromatic carbocycles. The monoisotopic (exact) mass is 307 g/mol. The summed E-state index contributed by atoms with van der Waals surface area (Å²) in [4.78, 5) is 0. The molecular weight excluding hydrogens is 294 g/mol. The highest BCUT2D eigenvalue weighted by atomic mass is 79.9. The number of ether oxygens (including phenoxy) is 1. The van der Waals surface area contributed by atoms with E-state index >= 15 is 0 Å². The second kappa shape index (κ2) is 5.78. The van der Waals surface area contributed by atoms with E-state index in [1.165, 1.54) is 0 Å². The van der Waals surface area contributed by atoms with Gasteiger partial charge in [-0.1, -0.05) is 34.1 Å². The Hall–Kier alpha value is -1.68. The van der Waals surface area contributed by atoms with Crippen LogP contribution in [0.25, 0.3) is 0 Å². The molecule has 0 atom stereocenters. The Balaban J connectivity index is 2.11. The molecule has 2 aromatic rings. The molecule has 2 rings (SSSR count). The van der Waals surface area contributed by atoms with Gasteiger partial charge in [-0.2, -0.15) is 0 Å². The van der Waals surface area contributed by atoms with Gasteiger partial charge in [0.15, 0.2) is 11.5 Å². The summed E-state index contributed by atoms with van der Waals surface area (Å²) in [6.45, 7) is 0.541. The standard InChI is InChI=1S/C14H14BrNO2/c1-18-13-7-2-4-10(14(13)17)9-16-12-6-3-5-11(15)8-12/h2-8,16-17H,9H2,1H3. The minimum atomic E-state index is 0.183. The quantitative estimate of drug-likeness (QED) is 0.903. The van der Waals surface area contributed by atoms with Gasteiger partial charge in [0.2, 0.25) is 0 Å². The van der Waals surface area contributed by atoms with Gasteiger partial charge in [-0.25, -0.2) is 0 Å². The molecule has 0 aliphatic heterocycles. The van der Waals surface area contributed by atoms with Gasteiger partial charge < -0.3 is 15.2 Å². The third-order valence-corrected chi connectivity index (χ3v) is 3.10. The predicted molar refractivity (Wildman–Crippen MR) is 76.1 cm³/mol. The van der Waals surface area contributed by atoms with E-state index < -0.39 is 0 Å². The number of aromatic hydroxyl groups is 1. The van der Waals surface area contributed by atoms with Crippen molar-refractivity contribution >= 4 is 21.6 Å². The summed E-state index contributed by atoms with van der Waals surface area (Å²) in [5.74, 6) is 0.672. The second-order valence-electron chi connectivity index (χ2n) is 3.83. The van der Waals surface area contributed by atoms with Crippen LogP contribution in [-0.4, -0.2) is 12.2 Å². The SMILES string of the molecule is COc1cccc(CNc2cccc(Br)c2)c1O. The molecule has 0 amide bonds. The molecule has 0 radical (unpaired) electrons. The fourth-order valence-electron chi connectivity index (χ4n) is 1.67. The van der Waals surface area contributed by atoms with E-state index in [4.69, 9.17) is 4.74 Å². The van der Waals surface area contributed by atoms with Crippen LogP contribution in [0.15, 0.2) is 46.9 Å². The van der Waals surface area contributed by atoms with Gasteiger partial charge in [-0.15, -0.1) is 0 Å². The van der Waals surface area contributed by atoms with E-state index in [2.05, 4.69) is 21.2 Å². The van der Waals surface area contributed by atoms with Gasteiger partial charge in [0.05, 0.1) is 7.11 Å². The van der Waals surface area contributed by atoms with Crippen molar-refractivity contribution in [3.63, 3.8) is 0 Å². The molecule has 0 bridgehead atoms. The zero-order chi connectivity index (χ0) is 13.0. The number of methoxy groups -OCH3 is 1. The number of hydrogen-bond acceptors (Lipinski definition) is 3. The maximum Gasteiger partial charge on any atom is 0.162 e. The van der Waals surface area contributed by atoms with Crippen LogP contribution in [-0.2, 0) is 6.54 Å². The molecule has 0 aliphatic rings. The lowest BCUT2D eigenvalue weighted by Crippen LogP contribution is -2.00. The van der Waals surface area contributed by atoms with Crippen LogP contribution in [0.4, 0.5) is 5.69 Å². The van der Waals surface area contributed by atoms with Crippen molar-refractivity contribution in [2.45, 2.75) is 6.54 Å². The summed E-state index contributed by atoms with van der Waals surface area (Å²) in [7, 11) is 1.54. The van der Waals surface area contributed by atoms with Crippen LogP contribution in [0, 0.1) is 0 Å². The molecule has 0 heterocycles. The van der Waals surface area contributed by atoms with Gasteiger partial charge in [0.25, 0.3) is 0 Å². The van der Waals surface area contributed by atoms with E-state index in [0.29, 0.717) is 12.3 Å². The van der Waals surface area contributed by atoms with Crippen LogP contribution in [0.5, 0.6) is 11.5 Å². The molecule has 0 saturated carbocycles. The molecular formula is C14H14BrNO2. The Morgan fingerprint density at radius 3 is 2.72 bits per heavy atom. The topological polar surface area (TPSA) is 41.5 Å². The van der Waals surface area contributed by atoms with Gasteiger partial charge in [0.1, 0.15) is 0 Å². The van der Waals surface area contributed by atoms with Gasteiger partial charge in [0, 0.05) is 22.3 Å². The smallest absolute Gasteiger partial charge is 0.162 e. The van der Waals surface area contributed by atoms with Crippen LogP contribution in [0.1, 0.15) is 5.56 Å². The summed E-state index contributed by atoms with van der Waals surface area (Å²) in [5, 5.41) is 13.2. The summed E-state index contributed by atoms with van der Waals surface area (Å²) in [6.07, 6.45) is 0. The maximum atomic E-state index is 9.95. The van der Waals surface area contributed by atoms with Crippen molar-refractivity contribution in [1.29, 1.82) is 0 Å². The highest BCUT2D eigenvalue weighted by Crippen LogP contribution is 2.29. The summed E-state index contributed by atoms with van der Waals surface area (Å²) in [5.41, 5.74) is 1.79. The first-order chi connectivity index (χ1) is 8.70. The van der Waals surface area contributed by atoms with Crippen molar-refractivity contribution in [3.8, 4) is 11.5 Å². The summed E-state index contributed by atoms with van der Waals surface area (Å²) in [6, 6.07) is 13.3. The average Bonchev–Trinajstić information content (AvgIpc) is 2.38. The number of rotatable bonds is 4.